The van der Waals surface area contributed by atoms with Crippen LogP contribution in [0.2, 0.25) is 0 Å². The molecule has 4 fully saturated rings. The molecule has 116 valence electrons. The van der Waals surface area contributed by atoms with Crippen LogP contribution in [-0.4, -0.2) is 28.2 Å². The molecule has 3 nitrogen and oxygen atoms in total. The summed E-state index contributed by atoms with van der Waals surface area (Å²) in [6.07, 6.45) is 10.7. The summed E-state index contributed by atoms with van der Waals surface area (Å²) in [6, 6.07) is 0.331. The second-order valence-corrected chi connectivity index (χ2v) is 10.5. The highest BCUT2D eigenvalue weighted by atomic mass is 32.2. The van der Waals surface area contributed by atoms with Gasteiger partial charge < -0.3 is 5.73 Å². The number of nitrogens with zero attached hydrogens (tertiary/aromatic N) is 2. The average molecular weight is 342 g/mol. The van der Waals surface area contributed by atoms with Gasteiger partial charge in [0, 0.05) is 11.8 Å². The van der Waals surface area contributed by atoms with Crippen molar-refractivity contribution in [2.24, 2.45) is 28.9 Å². The molecule has 1 aromatic heterocycles. The lowest BCUT2D eigenvalue weighted by molar-refractivity contribution is -0.0629. The third-order valence-corrected chi connectivity index (χ3v) is 8.97. The molecule has 4 aliphatic carbocycles. The molecule has 4 saturated carbocycles. The zero-order chi connectivity index (χ0) is 14.4. The molecule has 6 heteroatoms. The number of aromatic nitrogens is 2. The lowest BCUT2D eigenvalue weighted by Gasteiger charge is -2.59. The zero-order valence-corrected chi connectivity index (χ0v) is 14.9. The maximum absolute atomic E-state index is 6.69. The Morgan fingerprint density at radius 3 is 2.24 bits per heavy atom. The minimum Gasteiger partial charge on any atom is -0.326 e. The van der Waals surface area contributed by atoms with Gasteiger partial charge in [0.05, 0.1) is 0 Å². The summed E-state index contributed by atoms with van der Waals surface area (Å²) in [5.74, 6) is 3.96. The van der Waals surface area contributed by atoms with Gasteiger partial charge in [0.25, 0.3) is 0 Å². The number of thioether (sulfide) groups is 2. The largest absolute Gasteiger partial charge is 0.326 e. The Bertz CT molecular complexity index is 481. The predicted octanol–water partition coefficient (Wildman–Crippen LogP) is 3.90. The summed E-state index contributed by atoms with van der Waals surface area (Å²) in [4.78, 5) is 0. The molecule has 21 heavy (non-hydrogen) atoms. The van der Waals surface area contributed by atoms with Crippen LogP contribution in [0.4, 0.5) is 0 Å². The first kappa shape index (κ1) is 14.8. The number of hydrogen-bond donors (Lipinski definition) is 1. The van der Waals surface area contributed by atoms with E-state index in [1.807, 2.05) is 11.8 Å². The van der Waals surface area contributed by atoms with Crippen LogP contribution in [0.25, 0.3) is 0 Å². The third-order valence-electron chi connectivity index (χ3n) is 5.82. The van der Waals surface area contributed by atoms with Crippen molar-refractivity contribution >= 4 is 34.9 Å². The van der Waals surface area contributed by atoms with E-state index in [-0.39, 0.29) is 0 Å². The van der Waals surface area contributed by atoms with E-state index in [4.69, 9.17) is 5.73 Å². The molecule has 2 N–H and O–H groups in total. The van der Waals surface area contributed by atoms with E-state index in [0.29, 0.717) is 11.5 Å². The van der Waals surface area contributed by atoms with Crippen LogP contribution in [0.1, 0.15) is 38.5 Å². The maximum Gasteiger partial charge on any atom is 0.175 e. The van der Waals surface area contributed by atoms with Crippen LogP contribution in [-0.2, 0) is 0 Å². The highest BCUT2D eigenvalue weighted by molar-refractivity contribution is 8.03. The molecule has 1 heterocycles. The van der Waals surface area contributed by atoms with Crippen molar-refractivity contribution in [2.45, 2.75) is 53.2 Å². The minimum atomic E-state index is 0.331. The first-order chi connectivity index (χ1) is 10.2. The number of rotatable bonds is 5. The van der Waals surface area contributed by atoms with Crippen LogP contribution >= 0.6 is 34.9 Å². The Labute approximate surface area is 139 Å². The molecule has 4 bridgehead atoms. The summed E-state index contributed by atoms with van der Waals surface area (Å²) in [7, 11) is 0. The van der Waals surface area contributed by atoms with Crippen molar-refractivity contribution in [1.29, 1.82) is 0 Å². The second kappa shape index (κ2) is 5.69. The molecule has 0 spiro atoms. The fourth-order valence-corrected chi connectivity index (χ4v) is 7.92. The number of hydrogen-bond acceptors (Lipinski definition) is 6. The zero-order valence-electron chi connectivity index (χ0n) is 12.5. The van der Waals surface area contributed by atoms with E-state index in [1.54, 1.807) is 23.1 Å². The molecular formula is C15H23N3S3. The molecule has 5 rings (SSSR count). The summed E-state index contributed by atoms with van der Waals surface area (Å²) < 4.78 is 2.14. The van der Waals surface area contributed by atoms with Gasteiger partial charge in [-0.15, -0.1) is 10.2 Å². The standard InChI is InChI=1S/C15H23N3S3/c1-19-13-17-18-14(21-13)20-8-12(16)15-5-9-2-10(6-15)4-11(3-9)7-15/h9-12H,2-8,16H2,1H3. The Morgan fingerprint density at radius 2 is 1.71 bits per heavy atom. The molecule has 0 radical (unpaired) electrons. The predicted molar refractivity (Wildman–Crippen MR) is 91.0 cm³/mol. The highest BCUT2D eigenvalue weighted by Crippen LogP contribution is 2.61. The van der Waals surface area contributed by atoms with Gasteiger partial charge in [0.1, 0.15) is 0 Å². The van der Waals surface area contributed by atoms with Crippen LogP contribution in [0.3, 0.4) is 0 Å². The Kier molecular flexibility index (Phi) is 4.01. The van der Waals surface area contributed by atoms with Crippen LogP contribution < -0.4 is 5.73 Å². The van der Waals surface area contributed by atoms with E-state index in [9.17, 15) is 0 Å². The van der Waals surface area contributed by atoms with Gasteiger partial charge in [0.15, 0.2) is 8.68 Å². The van der Waals surface area contributed by atoms with Gasteiger partial charge in [0.2, 0.25) is 0 Å². The first-order valence-corrected chi connectivity index (χ1v) is 11.0. The van der Waals surface area contributed by atoms with Crippen LogP contribution in [0.15, 0.2) is 8.68 Å². The lowest BCUT2D eigenvalue weighted by atomic mass is 9.48. The van der Waals surface area contributed by atoms with Gasteiger partial charge in [-0.2, -0.15) is 0 Å². The topological polar surface area (TPSA) is 51.8 Å². The van der Waals surface area contributed by atoms with E-state index in [1.165, 1.54) is 38.5 Å². The quantitative estimate of drug-likeness (QED) is 0.823. The van der Waals surface area contributed by atoms with E-state index in [2.05, 4.69) is 16.5 Å². The van der Waals surface area contributed by atoms with Gasteiger partial charge in [-0.05, 0) is 67.9 Å². The highest BCUT2D eigenvalue weighted by Gasteiger charge is 2.53. The monoisotopic (exact) mass is 341 g/mol. The molecule has 1 unspecified atom stereocenters. The average Bonchev–Trinajstić information content (AvgIpc) is 2.91. The number of nitrogens with two attached hydrogens (primary N) is 1. The van der Waals surface area contributed by atoms with Gasteiger partial charge in [-0.3, -0.25) is 0 Å². The van der Waals surface area contributed by atoms with E-state index < -0.39 is 0 Å². The van der Waals surface area contributed by atoms with Crippen molar-refractivity contribution in [1.82, 2.24) is 10.2 Å². The Morgan fingerprint density at radius 1 is 1.14 bits per heavy atom. The first-order valence-electron chi connectivity index (χ1n) is 7.93. The summed E-state index contributed by atoms with van der Waals surface area (Å²) in [6.45, 7) is 0. The van der Waals surface area contributed by atoms with Crippen LogP contribution in [0.5, 0.6) is 0 Å². The summed E-state index contributed by atoms with van der Waals surface area (Å²) in [5, 5.41) is 8.44. The fourth-order valence-electron chi connectivity index (χ4n) is 5.31. The molecule has 1 atom stereocenters. The summed E-state index contributed by atoms with van der Waals surface area (Å²) >= 11 is 5.19. The van der Waals surface area contributed by atoms with Crippen molar-refractivity contribution in [2.75, 3.05) is 12.0 Å². The van der Waals surface area contributed by atoms with Gasteiger partial charge in [-0.1, -0.05) is 34.9 Å². The molecule has 1 aromatic rings. The lowest BCUT2D eigenvalue weighted by Crippen LogP contribution is -2.55. The molecule has 0 saturated heterocycles. The van der Waals surface area contributed by atoms with Crippen molar-refractivity contribution in [3.8, 4) is 0 Å². The van der Waals surface area contributed by atoms with Crippen molar-refractivity contribution < 1.29 is 0 Å². The van der Waals surface area contributed by atoms with Gasteiger partial charge in [-0.25, -0.2) is 0 Å². The molecular weight excluding hydrogens is 318 g/mol. The van der Waals surface area contributed by atoms with Crippen LogP contribution in [0, 0.1) is 23.2 Å². The smallest absolute Gasteiger partial charge is 0.175 e. The van der Waals surface area contributed by atoms with E-state index >= 15 is 0 Å². The summed E-state index contributed by atoms with van der Waals surface area (Å²) in [5.41, 5.74) is 7.14. The Hall–Kier alpha value is 0.220. The Balaban J connectivity index is 1.41. The molecule has 0 aliphatic heterocycles. The molecule has 0 aromatic carbocycles. The van der Waals surface area contributed by atoms with Crippen molar-refractivity contribution in [3.05, 3.63) is 0 Å². The second-order valence-electron chi connectivity index (χ2n) is 7.24. The fraction of sp³-hybridized carbons (Fsp3) is 0.867. The SMILES string of the molecule is CSc1nnc(SCC(N)C23CC4CC(CC(C4)C2)C3)s1. The maximum atomic E-state index is 6.69. The third kappa shape index (κ3) is 2.77. The van der Waals surface area contributed by atoms with E-state index in [0.717, 1.165) is 32.2 Å². The molecule has 0 amide bonds. The minimum absolute atomic E-state index is 0.331. The molecule has 4 aliphatic rings. The normalized spacial score (nSPS) is 38.9. The van der Waals surface area contributed by atoms with Gasteiger partial charge >= 0.3 is 0 Å². The van der Waals surface area contributed by atoms with Crippen molar-refractivity contribution in [3.63, 3.8) is 0 Å².